The second kappa shape index (κ2) is 18.1. The fourth-order valence-electron chi connectivity index (χ4n) is 13.8. The monoisotopic (exact) mass is 980 g/mol. The van der Waals surface area contributed by atoms with Crippen molar-refractivity contribution in [1.82, 2.24) is 29.9 Å². The molecule has 76 heavy (non-hydrogen) atoms. The third-order valence-electron chi connectivity index (χ3n) is 16.9. The molecule has 16 rings (SSSR count). The quantitative estimate of drug-likeness (QED) is 0.143. The molecule has 4 fully saturated rings. The first kappa shape index (κ1) is 40.4. The number of fused-ring (bicyclic) bond motifs is 3. The van der Waals surface area contributed by atoms with Crippen molar-refractivity contribution < 1.29 is 5.48 Å². The second-order valence-corrected chi connectivity index (χ2v) is 21.1. The molecule has 6 nitrogen and oxygen atoms in total. The van der Waals surface area contributed by atoms with Crippen LogP contribution in [0.1, 0.15) is 48.7 Å². The van der Waals surface area contributed by atoms with Crippen LogP contribution in [0.5, 0.6) is 0 Å². The molecule has 4 bridgehead atoms. The molecule has 0 aliphatic heterocycles. The first-order chi connectivity index (χ1) is 39.2. The van der Waals surface area contributed by atoms with Gasteiger partial charge in [-0.05, 0) is 124 Å². The van der Waals surface area contributed by atoms with Gasteiger partial charge in [0.25, 0.3) is 0 Å². The Morgan fingerprint density at radius 2 is 0.711 bits per heavy atom. The summed E-state index contributed by atoms with van der Waals surface area (Å²) in [5.74, 6) is 4.82. The highest BCUT2D eigenvalue weighted by atomic mass is 15.0. The summed E-state index contributed by atoms with van der Waals surface area (Å²) >= 11 is 0. The molecule has 4 saturated carbocycles. The van der Waals surface area contributed by atoms with E-state index < -0.39 is 5.41 Å². The van der Waals surface area contributed by atoms with Gasteiger partial charge in [0, 0.05) is 44.4 Å². The van der Waals surface area contributed by atoms with Crippen LogP contribution in [0.15, 0.2) is 230 Å². The number of aromatic nitrogens is 6. The van der Waals surface area contributed by atoms with Crippen LogP contribution >= 0.6 is 0 Å². The maximum atomic E-state index is 10.5. The molecule has 0 unspecified atom stereocenters. The topological polar surface area (TPSA) is 77.3 Å². The second-order valence-electron chi connectivity index (χ2n) is 21.1. The molecular weight excluding hydrogens is 925 g/mol. The van der Waals surface area contributed by atoms with Crippen LogP contribution in [0, 0.1) is 23.7 Å². The van der Waals surface area contributed by atoms with Crippen LogP contribution in [-0.2, 0) is 5.41 Å². The van der Waals surface area contributed by atoms with E-state index in [1.165, 1.54) is 6.42 Å². The van der Waals surface area contributed by atoms with Crippen molar-refractivity contribution in [3.63, 3.8) is 0 Å². The lowest BCUT2D eigenvalue weighted by Gasteiger charge is -2.61. The van der Waals surface area contributed by atoms with Gasteiger partial charge in [-0.1, -0.05) is 212 Å². The van der Waals surface area contributed by atoms with E-state index in [1.807, 2.05) is 140 Å². The summed E-state index contributed by atoms with van der Waals surface area (Å²) in [6, 6.07) is 69.7. The Labute approximate surface area is 449 Å². The summed E-state index contributed by atoms with van der Waals surface area (Å²) in [6.45, 7) is 0. The Balaban J connectivity index is 1.05. The average molecular weight is 981 g/mol. The van der Waals surface area contributed by atoms with Crippen LogP contribution in [0.4, 0.5) is 0 Å². The Morgan fingerprint density at radius 3 is 1.21 bits per heavy atom. The Morgan fingerprint density at radius 1 is 0.303 bits per heavy atom. The van der Waals surface area contributed by atoms with Crippen molar-refractivity contribution in [1.29, 1.82) is 0 Å². The zero-order valence-corrected chi connectivity index (χ0v) is 41.7. The fourth-order valence-corrected chi connectivity index (χ4v) is 13.8. The van der Waals surface area contributed by atoms with Gasteiger partial charge < -0.3 is 0 Å². The summed E-state index contributed by atoms with van der Waals surface area (Å²) in [6.07, 6.45) is 5.58. The van der Waals surface area contributed by atoms with E-state index in [1.54, 1.807) is 0 Å². The molecule has 1 spiro atoms. The highest BCUT2D eigenvalue weighted by molar-refractivity contribution is 5.98. The van der Waals surface area contributed by atoms with E-state index >= 15 is 0 Å². The van der Waals surface area contributed by atoms with Crippen LogP contribution in [-0.4, -0.2) is 29.9 Å². The van der Waals surface area contributed by atoms with Gasteiger partial charge in [-0.15, -0.1) is 0 Å². The predicted octanol–water partition coefficient (Wildman–Crippen LogP) is 16.8. The lowest BCUT2D eigenvalue weighted by molar-refractivity contribution is -0.0399. The Bertz CT molecular complexity index is 4080. The summed E-state index contributed by atoms with van der Waals surface area (Å²) in [7, 11) is 0. The number of hydrogen-bond donors (Lipinski definition) is 0. The van der Waals surface area contributed by atoms with Crippen molar-refractivity contribution >= 4 is 0 Å². The van der Waals surface area contributed by atoms with Gasteiger partial charge >= 0.3 is 0 Å². The highest BCUT2D eigenvalue weighted by Gasteiger charge is 2.61. The zero-order chi connectivity index (χ0) is 53.6. The molecule has 0 atom stereocenters. The number of rotatable bonds is 9. The van der Waals surface area contributed by atoms with E-state index in [0.717, 1.165) is 98.0 Å². The van der Waals surface area contributed by atoms with Crippen molar-refractivity contribution in [3.05, 3.63) is 242 Å². The minimum absolute atomic E-state index is 0.0567. The molecule has 6 heteroatoms. The summed E-state index contributed by atoms with van der Waals surface area (Å²) in [5, 5.41) is 0. The van der Waals surface area contributed by atoms with Gasteiger partial charge in [0.2, 0.25) is 0 Å². The molecule has 0 radical (unpaired) electrons. The number of benzene rings is 9. The van der Waals surface area contributed by atoms with E-state index in [-0.39, 0.29) is 18.1 Å². The first-order valence-electron chi connectivity index (χ1n) is 28.6. The van der Waals surface area contributed by atoms with E-state index in [0.29, 0.717) is 81.4 Å². The Kier molecular flexibility index (Phi) is 9.64. The predicted molar refractivity (Wildman–Crippen MR) is 305 cm³/mol. The van der Waals surface area contributed by atoms with Crippen molar-refractivity contribution in [3.8, 4) is 113 Å². The molecular formula is C70H52N6. The summed E-state index contributed by atoms with van der Waals surface area (Å²) in [4.78, 5) is 31.7. The van der Waals surface area contributed by atoms with E-state index in [9.17, 15) is 2.74 Å². The van der Waals surface area contributed by atoms with Crippen molar-refractivity contribution in [2.75, 3.05) is 0 Å². The van der Waals surface area contributed by atoms with Crippen molar-refractivity contribution in [2.24, 2.45) is 23.7 Å². The van der Waals surface area contributed by atoms with Gasteiger partial charge in [0.05, 0.1) is 5.48 Å². The van der Waals surface area contributed by atoms with Crippen LogP contribution in [0.3, 0.4) is 0 Å². The van der Waals surface area contributed by atoms with Crippen LogP contribution in [0.25, 0.3) is 113 Å². The number of hydrogen-bond acceptors (Lipinski definition) is 6. The van der Waals surface area contributed by atoms with Crippen LogP contribution < -0.4 is 0 Å². The molecule has 11 aromatic rings. The molecule has 5 aliphatic carbocycles. The van der Waals surface area contributed by atoms with Gasteiger partial charge in [-0.3, -0.25) is 0 Å². The van der Waals surface area contributed by atoms with Crippen molar-refractivity contribution in [2.45, 2.75) is 37.5 Å². The van der Waals surface area contributed by atoms with E-state index in [4.69, 9.17) is 32.6 Å². The molecule has 0 saturated heterocycles. The standard InChI is InChI=1S/C70H52N6/c1-6-18-46(19-7-1)47-30-32-48(33-31-47)63-58(53-34-35-62-59(41-53)57-28-16-17-29-61(57)70(62)55-37-44-36-45(39-55)40-56(70)38-44)42-54(68-73-64(49-20-8-2-9-21-49)71-65(74-68)50-22-10-3-11-23-50)43-60(63)69-75-66(51-24-12-4-13-25-51)72-67(76-69)52-26-14-5-15-27-52/h1-35,41-45,55-56H,36-40H2/i16D,17D,28D,35D. The Hall–Kier alpha value is -9.00. The molecule has 0 amide bonds. The van der Waals surface area contributed by atoms with Gasteiger partial charge in [0.15, 0.2) is 34.9 Å². The maximum absolute atomic E-state index is 10.5. The van der Waals surface area contributed by atoms with E-state index in [2.05, 4.69) is 66.7 Å². The average Bonchev–Trinajstić information content (AvgIpc) is 2.95. The molecule has 9 aromatic carbocycles. The number of nitrogens with zero attached hydrogens (tertiary/aromatic N) is 6. The largest absolute Gasteiger partial charge is 0.208 e. The summed E-state index contributed by atoms with van der Waals surface area (Å²) < 4.78 is 38.5. The molecule has 2 aromatic heterocycles. The smallest absolute Gasteiger partial charge is 0.164 e. The third-order valence-corrected chi connectivity index (χ3v) is 16.9. The SMILES string of the molecule is [2H]c1cc2c(c([2H])c1[2H])-c1cc(-c3cc(-c4nc(-c5ccccc5)nc(-c5ccccc5)n4)cc(-c4nc(-c5ccccc5)nc(-c5ccccc5)n4)c3-c3ccc(-c4ccccc4)cc3)cc([2H])c1C21C2CC3CC(C2)CC1C3. The zero-order valence-electron chi connectivity index (χ0n) is 45.7. The molecule has 0 N–H and O–H groups in total. The summed E-state index contributed by atoms with van der Waals surface area (Å²) in [5.41, 5.74) is 13.1. The molecule has 2 heterocycles. The molecule has 362 valence electrons. The lowest BCUT2D eigenvalue weighted by atomic mass is 9.43. The lowest BCUT2D eigenvalue weighted by Crippen LogP contribution is -2.55. The fraction of sp³-hybridized carbons (Fsp3) is 0.143. The normalized spacial score (nSPS) is 20.4. The van der Waals surface area contributed by atoms with Gasteiger partial charge in [-0.25, -0.2) is 29.9 Å². The van der Waals surface area contributed by atoms with Gasteiger partial charge in [0.1, 0.15) is 0 Å². The van der Waals surface area contributed by atoms with Gasteiger partial charge in [-0.2, -0.15) is 0 Å². The third kappa shape index (κ3) is 7.45. The first-order valence-corrected chi connectivity index (χ1v) is 26.6. The minimum Gasteiger partial charge on any atom is -0.208 e. The minimum atomic E-state index is -0.505. The highest BCUT2D eigenvalue weighted by Crippen LogP contribution is 2.69. The molecule has 5 aliphatic rings. The van der Waals surface area contributed by atoms with Crippen LogP contribution in [0.2, 0.25) is 0 Å². The maximum Gasteiger partial charge on any atom is 0.164 e.